The van der Waals surface area contributed by atoms with Gasteiger partial charge >= 0.3 is 0 Å². The van der Waals surface area contributed by atoms with Crippen LogP contribution in [-0.2, 0) is 6.42 Å². The Labute approximate surface area is 136 Å². The molecule has 2 heteroatoms. The van der Waals surface area contributed by atoms with E-state index in [4.69, 9.17) is 0 Å². The van der Waals surface area contributed by atoms with Gasteiger partial charge in [-0.2, -0.15) is 0 Å². The molecular formula is C19H24BrN. The lowest BCUT2D eigenvalue weighted by Gasteiger charge is -2.22. The zero-order chi connectivity index (χ0) is 15.6. The van der Waals surface area contributed by atoms with Gasteiger partial charge in [-0.05, 0) is 81.1 Å². The molecule has 0 aromatic heterocycles. The molecular weight excluding hydrogens is 322 g/mol. The summed E-state index contributed by atoms with van der Waals surface area (Å²) in [4.78, 5) is 0. The van der Waals surface area contributed by atoms with Crippen LogP contribution in [0.5, 0.6) is 0 Å². The summed E-state index contributed by atoms with van der Waals surface area (Å²) in [7, 11) is 2.05. The SMILES string of the molecule is CNC(Cc1c(C)cc(C)cc1C)c1cc(Br)ccc1C. The van der Waals surface area contributed by atoms with Crippen LogP contribution < -0.4 is 5.32 Å². The summed E-state index contributed by atoms with van der Waals surface area (Å²) in [6.07, 6.45) is 1.02. The maximum absolute atomic E-state index is 3.59. The van der Waals surface area contributed by atoms with Crippen molar-refractivity contribution >= 4 is 15.9 Å². The number of hydrogen-bond acceptors (Lipinski definition) is 1. The number of halogens is 1. The number of rotatable bonds is 4. The first-order valence-electron chi connectivity index (χ1n) is 7.42. The van der Waals surface area contributed by atoms with Crippen LogP contribution in [0.2, 0.25) is 0 Å². The standard InChI is InChI=1S/C19H24BrN/c1-12-8-14(3)17(15(4)9-12)11-19(21-5)18-10-16(20)7-6-13(18)2/h6-10,19,21H,11H2,1-5H3. The van der Waals surface area contributed by atoms with Crippen molar-refractivity contribution in [2.24, 2.45) is 0 Å². The van der Waals surface area contributed by atoms with Gasteiger partial charge in [0.2, 0.25) is 0 Å². The lowest BCUT2D eigenvalue weighted by Crippen LogP contribution is -2.20. The summed E-state index contributed by atoms with van der Waals surface area (Å²) >= 11 is 3.59. The molecule has 1 unspecified atom stereocenters. The fraction of sp³-hybridized carbons (Fsp3) is 0.368. The largest absolute Gasteiger partial charge is 0.313 e. The molecule has 1 atom stereocenters. The Hall–Kier alpha value is -1.12. The van der Waals surface area contributed by atoms with Gasteiger partial charge in [-0.15, -0.1) is 0 Å². The molecule has 2 aromatic rings. The number of aryl methyl sites for hydroxylation is 4. The van der Waals surface area contributed by atoms with Gasteiger partial charge < -0.3 is 5.32 Å². The van der Waals surface area contributed by atoms with Crippen LogP contribution in [0.1, 0.15) is 39.4 Å². The van der Waals surface area contributed by atoms with Crippen LogP contribution in [0.4, 0.5) is 0 Å². The molecule has 1 N–H and O–H groups in total. The van der Waals surface area contributed by atoms with Crippen molar-refractivity contribution in [3.8, 4) is 0 Å². The van der Waals surface area contributed by atoms with Gasteiger partial charge in [0.15, 0.2) is 0 Å². The van der Waals surface area contributed by atoms with Crippen LogP contribution in [0.25, 0.3) is 0 Å². The molecule has 2 rings (SSSR count). The Kier molecular flexibility index (Phi) is 5.23. The maximum atomic E-state index is 3.59. The molecule has 0 aliphatic carbocycles. The van der Waals surface area contributed by atoms with Gasteiger partial charge in [0.25, 0.3) is 0 Å². The smallest absolute Gasteiger partial charge is 0.0361 e. The second-order valence-corrected chi connectivity index (χ2v) is 6.84. The second kappa shape index (κ2) is 6.76. The van der Waals surface area contributed by atoms with E-state index in [1.54, 1.807) is 0 Å². The second-order valence-electron chi connectivity index (χ2n) is 5.92. The maximum Gasteiger partial charge on any atom is 0.0361 e. The number of hydrogen-bond donors (Lipinski definition) is 1. The van der Waals surface area contributed by atoms with Crippen molar-refractivity contribution in [1.29, 1.82) is 0 Å². The van der Waals surface area contributed by atoms with Crippen molar-refractivity contribution in [2.45, 2.75) is 40.2 Å². The Balaban J connectivity index is 2.38. The van der Waals surface area contributed by atoms with Gasteiger partial charge in [0.05, 0.1) is 0 Å². The van der Waals surface area contributed by atoms with Crippen molar-refractivity contribution in [1.82, 2.24) is 5.32 Å². The minimum absolute atomic E-state index is 0.336. The van der Waals surface area contributed by atoms with Crippen LogP contribution in [0.3, 0.4) is 0 Å². The highest BCUT2D eigenvalue weighted by Gasteiger charge is 2.15. The highest BCUT2D eigenvalue weighted by atomic mass is 79.9. The summed E-state index contributed by atoms with van der Waals surface area (Å²) in [6, 6.07) is 11.4. The number of nitrogens with one attached hydrogen (secondary N) is 1. The molecule has 0 bridgehead atoms. The van der Waals surface area contributed by atoms with E-state index in [2.05, 4.69) is 79.3 Å². The van der Waals surface area contributed by atoms with Gasteiger partial charge in [0.1, 0.15) is 0 Å². The van der Waals surface area contributed by atoms with E-state index in [1.807, 2.05) is 7.05 Å². The molecule has 0 amide bonds. The average Bonchev–Trinajstić information content (AvgIpc) is 2.41. The lowest BCUT2D eigenvalue weighted by molar-refractivity contribution is 0.585. The summed E-state index contributed by atoms with van der Waals surface area (Å²) in [6.45, 7) is 8.78. The Morgan fingerprint density at radius 2 is 1.57 bits per heavy atom. The Morgan fingerprint density at radius 3 is 2.14 bits per heavy atom. The summed E-state index contributed by atoms with van der Waals surface area (Å²) in [5, 5.41) is 3.48. The van der Waals surface area contributed by atoms with Crippen molar-refractivity contribution < 1.29 is 0 Å². The van der Waals surface area contributed by atoms with E-state index >= 15 is 0 Å². The van der Waals surface area contributed by atoms with E-state index in [0.29, 0.717) is 6.04 Å². The molecule has 0 aliphatic heterocycles. The zero-order valence-electron chi connectivity index (χ0n) is 13.5. The molecule has 0 heterocycles. The van der Waals surface area contributed by atoms with Crippen LogP contribution in [0.15, 0.2) is 34.8 Å². The highest BCUT2D eigenvalue weighted by Crippen LogP contribution is 2.27. The summed E-state index contributed by atoms with van der Waals surface area (Å²) in [5.41, 5.74) is 8.28. The van der Waals surface area contributed by atoms with Gasteiger partial charge in [-0.1, -0.05) is 39.7 Å². The molecule has 0 aliphatic rings. The normalized spacial score (nSPS) is 12.5. The molecule has 0 radical (unpaired) electrons. The van der Waals surface area contributed by atoms with E-state index < -0.39 is 0 Å². The fourth-order valence-electron chi connectivity index (χ4n) is 3.09. The third kappa shape index (κ3) is 3.75. The fourth-order valence-corrected chi connectivity index (χ4v) is 3.47. The van der Waals surface area contributed by atoms with Gasteiger partial charge in [-0.25, -0.2) is 0 Å². The third-order valence-electron chi connectivity index (χ3n) is 4.21. The van der Waals surface area contributed by atoms with E-state index in [9.17, 15) is 0 Å². The highest BCUT2D eigenvalue weighted by molar-refractivity contribution is 9.10. The Bertz CT molecular complexity index is 623. The van der Waals surface area contributed by atoms with Crippen LogP contribution in [-0.4, -0.2) is 7.05 Å². The first-order valence-corrected chi connectivity index (χ1v) is 8.21. The monoisotopic (exact) mass is 345 g/mol. The summed E-state index contributed by atoms with van der Waals surface area (Å²) < 4.78 is 1.14. The van der Waals surface area contributed by atoms with E-state index in [0.717, 1.165) is 10.9 Å². The number of benzene rings is 2. The van der Waals surface area contributed by atoms with E-state index in [-0.39, 0.29) is 0 Å². The van der Waals surface area contributed by atoms with Crippen LogP contribution in [0, 0.1) is 27.7 Å². The summed E-state index contributed by atoms with van der Waals surface area (Å²) in [5.74, 6) is 0. The van der Waals surface area contributed by atoms with Crippen molar-refractivity contribution in [3.05, 3.63) is 68.2 Å². The predicted octanol–water partition coefficient (Wildman–Crippen LogP) is 5.19. The molecule has 21 heavy (non-hydrogen) atoms. The van der Waals surface area contributed by atoms with Crippen LogP contribution >= 0.6 is 15.9 Å². The predicted molar refractivity (Wildman–Crippen MR) is 95.0 cm³/mol. The van der Waals surface area contributed by atoms with Gasteiger partial charge in [-0.3, -0.25) is 0 Å². The molecule has 0 spiro atoms. The molecule has 1 nitrogen and oxygen atoms in total. The average molecular weight is 346 g/mol. The Morgan fingerprint density at radius 1 is 0.952 bits per heavy atom. The van der Waals surface area contributed by atoms with Crippen molar-refractivity contribution in [3.63, 3.8) is 0 Å². The number of likely N-dealkylation sites (N-methyl/N-ethyl adjacent to an activating group) is 1. The minimum atomic E-state index is 0.336. The topological polar surface area (TPSA) is 12.0 Å². The third-order valence-corrected chi connectivity index (χ3v) is 4.71. The molecule has 0 fully saturated rings. The lowest BCUT2D eigenvalue weighted by atomic mass is 9.90. The quantitative estimate of drug-likeness (QED) is 0.804. The first kappa shape index (κ1) is 16.3. The molecule has 0 saturated heterocycles. The molecule has 112 valence electrons. The molecule has 0 saturated carbocycles. The van der Waals surface area contributed by atoms with Gasteiger partial charge in [0, 0.05) is 10.5 Å². The molecule has 2 aromatic carbocycles. The zero-order valence-corrected chi connectivity index (χ0v) is 15.1. The van der Waals surface area contributed by atoms with Crippen molar-refractivity contribution in [2.75, 3.05) is 7.05 Å². The van der Waals surface area contributed by atoms with E-state index in [1.165, 1.54) is 33.4 Å². The minimum Gasteiger partial charge on any atom is -0.313 e. The first-order chi connectivity index (χ1) is 9.92.